The molecule has 0 saturated carbocycles. The normalized spacial score (nSPS) is 10.6. The van der Waals surface area contributed by atoms with Crippen molar-refractivity contribution < 1.29 is 0 Å². The molecular weight excluding hydrogens is 208 g/mol. The van der Waals surface area contributed by atoms with Crippen molar-refractivity contribution in [3.8, 4) is 0 Å². The molecule has 17 heavy (non-hydrogen) atoms. The van der Waals surface area contributed by atoms with Crippen LogP contribution in [0.25, 0.3) is 0 Å². The molecule has 0 unspecified atom stereocenters. The number of hydrogen-bond acceptors (Lipinski definition) is 2. The highest BCUT2D eigenvalue weighted by molar-refractivity contribution is 5.47. The minimum atomic E-state index is 1.14. The first-order valence-corrected chi connectivity index (χ1v) is 6.84. The third-order valence-electron chi connectivity index (χ3n) is 3.04. The summed E-state index contributed by atoms with van der Waals surface area (Å²) in [6.45, 7) is 4.48. The third-order valence-corrected chi connectivity index (χ3v) is 3.04. The molecule has 0 fully saturated rings. The predicted octanol–water partition coefficient (Wildman–Crippen LogP) is 3.83. The van der Waals surface area contributed by atoms with E-state index in [4.69, 9.17) is 0 Å². The van der Waals surface area contributed by atoms with Gasteiger partial charge in [-0.25, -0.2) is 4.98 Å². The van der Waals surface area contributed by atoms with Crippen molar-refractivity contribution in [3.63, 3.8) is 0 Å². The second-order valence-electron chi connectivity index (χ2n) is 4.93. The Morgan fingerprint density at radius 2 is 1.71 bits per heavy atom. The number of aryl methyl sites for hydroxylation is 2. The Hall–Kier alpha value is -1.05. The van der Waals surface area contributed by atoms with Gasteiger partial charge in [0.1, 0.15) is 5.82 Å². The third kappa shape index (κ3) is 4.37. The second-order valence-corrected chi connectivity index (χ2v) is 4.93. The fourth-order valence-corrected chi connectivity index (χ4v) is 2.02. The van der Waals surface area contributed by atoms with Crippen molar-refractivity contribution in [2.24, 2.45) is 0 Å². The molecule has 0 aliphatic heterocycles. The molecule has 0 aromatic carbocycles. The highest BCUT2D eigenvalue weighted by Crippen LogP contribution is 2.20. The highest BCUT2D eigenvalue weighted by Gasteiger charge is 2.07. The number of pyridine rings is 1. The average Bonchev–Trinajstić information content (AvgIpc) is 2.33. The summed E-state index contributed by atoms with van der Waals surface area (Å²) in [5, 5.41) is 0. The standard InChI is InChI=1S/C15H26N2/c1-5-7-9-13-11-14(10-8-6-2)15(16-12-13)17(3)4/h11-12H,5-10H2,1-4H3. The van der Waals surface area contributed by atoms with E-state index in [0.717, 1.165) is 18.7 Å². The van der Waals surface area contributed by atoms with Crippen LogP contribution in [0.4, 0.5) is 5.82 Å². The second kappa shape index (κ2) is 7.31. The molecular formula is C15H26N2. The number of unbranched alkanes of at least 4 members (excludes halogenated alkanes) is 2. The molecule has 0 N–H and O–H groups in total. The van der Waals surface area contributed by atoms with E-state index in [-0.39, 0.29) is 0 Å². The molecule has 0 saturated heterocycles. The van der Waals surface area contributed by atoms with Crippen LogP contribution in [-0.4, -0.2) is 19.1 Å². The zero-order chi connectivity index (χ0) is 12.7. The molecule has 0 atom stereocenters. The first-order valence-electron chi connectivity index (χ1n) is 6.84. The van der Waals surface area contributed by atoms with Crippen LogP contribution in [-0.2, 0) is 12.8 Å². The summed E-state index contributed by atoms with van der Waals surface area (Å²) in [7, 11) is 4.15. The van der Waals surface area contributed by atoms with Crippen molar-refractivity contribution in [1.82, 2.24) is 4.98 Å². The van der Waals surface area contributed by atoms with E-state index in [1.54, 1.807) is 0 Å². The van der Waals surface area contributed by atoms with Crippen LogP contribution in [0.5, 0.6) is 0 Å². The van der Waals surface area contributed by atoms with E-state index in [0.29, 0.717) is 0 Å². The summed E-state index contributed by atoms with van der Waals surface area (Å²) in [5.41, 5.74) is 2.80. The fourth-order valence-electron chi connectivity index (χ4n) is 2.02. The summed E-state index contributed by atoms with van der Waals surface area (Å²) in [5.74, 6) is 1.14. The van der Waals surface area contributed by atoms with Gasteiger partial charge in [-0.05, 0) is 36.8 Å². The maximum Gasteiger partial charge on any atom is 0.131 e. The van der Waals surface area contributed by atoms with Crippen LogP contribution in [0.2, 0.25) is 0 Å². The molecule has 1 rings (SSSR count). The Morgan fingerprint density at radius 1 is 1.06 bits per heavy atom. The van der Waals surface area contributed by atoms with E-state index in [9.17, 15) is 0 Å². The zero-order valence-corrected chi connectivity index (χ0v) is 11.8. The van der Waals surface area contributed by atoms with Crippen LogP contribution < -0.4 is 4.90 Å². The Labute approximate surface area is 106 Å². The van der Waals surface area contributed by atoms with Crippen LogP contribution in [0.3, 0.4) is 0 Å². The minimum absolute atomic E-state index is 1.14. The van der Waals surface area contributed by atoms with Crippen molar-refractivity contribution in [2.75, 3.05) is 19.0 Å². The van der Waals surface area contributed by atoms with Crippen molar-refractivity contribution >= 4 is 5.82 Å². The van der Waals surface area contributed by atoms with Crippen molar-refractivity contribution in [1.29, 1.82) is 0 Å². The van der Waals surface area contributed by atoms with Crippen LogP contribution in [0.1, 0.15) is 50.7 Å². The average molecular weight is 234 g/mol. The molecule has 0 bridgehead atoms. The summed E-state index contributed by atoms with van der Waals surface area (Å²) < 4.78 is 0. The quantitative estimate of drug-likeness (QED) is 0.712. The molecule has 2 nitrogen and oxygen atoms in total. The molecule has 0 spiro atoms. The Bertz CT molecular complexity index is 332. The van der Waals surface area contributed by atoms with E-state index in [1.807, 2.05) is 6.20 Å². The molecule has 0 aliphatic carbocycles. The largest absolute Gasteiger partial charge is 0.363 e. The maximum absolute atomic E-state index is 4.61. The SMILES string of the molecule is CCCCc1cnc(N(C)C)c(CCCC)c1. The molecule has 96 valence electrons. The minimum Gasteiger partial charge on any atom is -0.363 e. The molecule has 0 aliphatic rings. The number of aromatic nitrogens is 1. The monoisotopic (exact) mass is 234 g/mol. The number of nitrogens with zero attached hydrogens (tertiary/aromatic N) is 2. The van der Waals surface area contributed by atoms with Gasteiger partial charge in [0.2, 0.25) is 0 Å². The van der Waals surface area contributed by atoms with Gasteiger partial charge in [0.15, 0.2) is 0 Å². The fraction of sp³-hybridized carbons (Fsp3) is 0.667. The van der Waals surface area contributed by atoms with Crippen molar-refractivity contribution in [2.45, 2.75) is 52.4 Å². The predicted molar refractivity (Wildman–Crippen MR) is 75.8 cm³/mol. The smallest absolute Gasteiger partial charge is 0.131 e. The molecule has 0 radical (unpaired) electrons. The lowest BCUT2D eigenvalue weighted by molar-refractivity contribution is 0.772. The molecule has 0 amide bonds. The van der Waals surface area contributed by atoms with Crippen LogP contribution >= 0.6 is 0 Å². The summed E-state index contributed by atoms with van der Waals surface area (Å²) in [6, 6.07) is 2.35. The van der Waals surface area contributed by atoms with E-state index in [2.05, 4.69) is 43.9 Å². The van der Waals surface area contributed by atoms with E-state index < -0.39 is 0 Å². The summed E-state index contributed by atoms with van der Waals surface area (Å²) in [4.78, 5) is 6.73. The van der Waals surface area contributed by atoms with Gasteiger partial charge < -0.3 is 4.90 Å². The Kier molecular flexibility index (Phi) is 6.03. The molecule has 1 heterocycles. The first kappa shape index (κ1) is 14.0. The Morgan fingerprint density at radius 3 is 2.29 bits per heavy atom. The molecule has 2 heteroatoms. The van der Waals surface area contributed by atoms with Gasteiger partial charge in [0.05, 0.1) is 0 Å². The summed E-state index contributed by atoms with van der Waals surface area (Å²) >= 11 is 0. The Balaban J connectivity index is 2.84. The number of rotatable bonds is 7. The molecule has 1 aromatic rings. The zero-order valence-electron chi connectivity index (χ0n) is 11.8. The van der Waals surface area contributed by atoms with Gasteiger partial charge >= 0.3 is 0 Å². The van der Waals surface area contributed by atoms with E-state index >= 15 is 0 Å². The highest BCUT2D eigenvalue weighted by atomic mass is 15.1. The van der Waals surface area contributed by atoms with Gasteiger partial charge in [-0.2, -0.15) is 0 Å². The van der Waals surface area contributed by atoms with Gasteiger partial charge in [-0.15, -0.1) is 0 Å². The van der Waals surface area contributed by atoms with Crippen LogP contribution in [0.15, 0.2) is 12.3 Å². The number of anilines is 1. The lowest BCUT2D eigenvalue weighted by Gasteiger charge is -2.17. The molecule has 1 aromatic heterocycles. The lowest BCUT2D eigenvalue weighted by atomic mass is 10.0. The van der Waals surface area contributed by atoms with Gasteiger partial charge in [-0.1, -0.05) is 32.8 Å². The topological polar surface area (TPSA) is 16.1 Å². The van der Waals surface area contributed by atoms with Crippen LogP contribution in [0, 0.1) is 0 Å². The van der Waals surface area contributed by atoms with Gasteiger partial charge in [0, 0.05) is 20.3 Å². The van der Waals surface area contributed by atoms with Crippen molar-refractivity contribution in [3.05, 3.63) is 23.4 Å². The van der Waals surface area contributed by atoms with E-state index in [1.165, 1.54) is 36.8 Å². The number of hydrogen-bond donors (Lipinski definition) is 0. The lowest BCUT2D eigenvalue weighted by Crippen LogP contribution is -2.13. The van der Waals surface area contributed by atoms with Gasteiger partial charge in [-0.3, -0.25) is 0 Å². The maximum atomic E-state index is 4.61. The summed E-state index contributed by atoms with van der Waals surface area (Å²) in [6.07, 6.45) is 9.36. The van der Waals surface area contributed by atoms with Gasteiger partial charge in [0.25, 0.3) is 0 Å². The first-order chi connectivity index (χ1) is 8.19.